The van der Waals surface area contributed by atoms with Gasteiger partial charge in [0, 0.05) is 22.9 Å². The van der Waals surface area contributed by atoms with Gasteiger partial charge in [-0.25, -0.2) is 0 Å². The fraction of sp³-hybridized carbons (Fsp3) is 0.200. The fourth-order valence-electron chi connectivity index (χ4n) is 1.81. The Kier molecular flexibility index (Phi) is 4.93. The number of rotatable bonds is 4. The van der Waals surface area contributed by atoms with E-state index in [9.17, 15) is 9.59 Å². The summed E-state index contributed by atoms with van der Waals surface area (Å²) in [6.07, 6.45) is 3.23. The summed E-state index contributed by atoms with van der Waals surface area (Å²) in [5.41, 5.74) is 1.44. The highest BCUT2D eigenvalue weighted by molar-refractivity contribution is 7.16. The molecule has 2 heterocycles. The van der Waals surface area contributed by atoms with Crippen molar-refractivity contribution < 1.29 is 9.59 Å². The molecule has 0 atom stereocenters. The van der Waals surface area contributed by atoms with Crippen LogP contribution in [0.4, 0.5) is 5.00 Å². The molecule has 4 nitrogen and oxygen atoms in total. The molecule has 2 aromatic rings. The summed E-state index contributed by atoms with van der Waals surface area (Å²) in [6, 6.07) is 3.86. The molecule has 2 rings (SSSR count). The van der Waals surface area contributed by atoms with E-state index in [0.29, 0.717) is 10.6 Å². The molecule has 2 N–H and O–H groups in total. The van der Waals surface area contributed by atoms with Gasteiger partial charge < -0.3 is 10.6 Å². The highest BCUT2D eigenvalue weighted by Crippen LogP contribution is 2.32. The zero-order valence-corrected chi connectivity index (χ0v) is 13.7. The van der Waals surface area contributed by atoms with E-state index >= 15 is 0 Å². The van der Waals surface area contributed by atoms with Gasteiger partial charge in [-0.15, -0.1) is 22.7 Å². The second-order valence-electron chi connectivity index (χ2n) is 4.40. The van der Waals surface area contributed by atoms with E-state index in [2.05, 4.69) is 10.6 Å². The maximum absolute atomic E-state index is 12.0. The second kappa shape index (κ2) is 6.69. The Morgan fingerprint density at radius 1 is 1.29 bits per heavy atom. The number of aryl methyl sites for hydroxylation is 1. The summed E-state index contributed by atoms with van der Waals surface area (Å²) >= 11 is 2.97. The maximum atomic E-state index is 12.0. The number of carbonyl (C=O) groups excluding carboxylic acids is 2. The summed E-state index contributed by atoms with van der Waals surface area (Å²) in [6.45, 7) is 3.82. The van der Waals surface area contributed by atoms with E-state index in [-0.39, 0.29) is 11.8 Å². The van der Waals surface area contributed by atoms with Crippen molar-refractivity contribution in [2.45, 2.75) is 13.8 Å². The third-order valence-corrected chi connectivity index (χ3v) is 4.98. The van der Waals surface area contributed by atoms with Gasteiger partial charge >= 0.3 is 0 Å². The summed E-state index contributed by atoms with van der Waals surface area (Å²) in [7, 11) is 1.58. The fourth-order valence-corrected chi connectivity index (χ4v) is 3.49. The number of carbonyl (C=O) groups is 2. The normalized spacial score (nSPS) is 10.8. The smallest absolute Gasteiger partial charge is 0.254 e. The first-order valence-electron chi connectivity index (χ1n) is 6.37. The molecule has 0 aliphatic heterocycles. The number of hydrogen-bond acceptors (Lipinski definition) is 4. The lowest BCUT2D eigenvalue weighted by Gasteiger charge is -2.04. The predicted octanol–water partition coefficient (Wildman–Crippen LogP) is 3.44. The molecule has 0 radical (unpaired) electrons. The van der Waals surface area contributed by atoms with E-state index in [1.165, 1.54) is 17.4 Å². The highest BCUT2D eigenvalue weighted by Gasteiger charge is 2.19. The van der Waals surface area contributed by atoms with Crippen molar-refractivity contribution in [1.29, 1.82) is 0 Å². The Morgan fingerprint density at radius 2 is 2.05 bits per heavy atom. The number of anilines is 1. The molecule has 0 fully saturated rings. The first-order valence-corrected chi connectivity index (χ1v) is 8.07. The molecule has 0 saturated carbocycles. The van der Waals surface area contributed by atoms with Crippen LogP contribution in [0.1, 0.15) is 25.7 Å². The van der Waals surface area contributed by atoms with Gasteiger partial charge in [-0.3, -0.25) is 9.59 Å². The van der Waals surface area contributed by atoms with Crippen LogP contribution in [-0.4, -0.2) is 18.9 Å². The van der Waals surface area contributed by atoms with E-state index in [4.69, 9.17) is 0 Å². The van der Waals surface area contributed by atoms with Crippen LogP contribution in [-0.2, 0) is 4.79 Å². The van der Waals surface area contributed by atoms with Crippen LogP contribution >= 0.6 is 22.7 Å². The average molecular weight is 320 g/mol. The number of hydrogen-bond donors (Lipinski definition) is 2. The minimum atomic E-state index is -0.241. The van der Waals surface area contributed by atoms with Gasteiger partial charge in [-0.05, 0) is 36.9 Å². The summed E-state index contributed by atoms with van der Waals surface area (Å²) in [4.78, 5) is 25.9. The minimum Gasteiger partial charge on any atom is -0.355 e. The van der Waals surface area contributed by atoms with Gasteiger partial charge in [0.05, 0.1) is 5.56 Å². The largest absolute Gasteiger partial charge is 0.355 e. The minimum absolute atomic E-state index is 0.186. The van der Waals surface area contributed by atoms with Crippen molar-refractivity contribution in [2.75, 3.05) is 12.4 Å². The molecular weight excluding hydrogens is 304 g/mol. The number of thiophene rings is 2. The first-order chi connectivity index (χ1) is 10.0. The number of nitrogens with one attached hydrogen (secondary N) is 2. The van der Waals surface area contributed by atoms with E-state index < -0.39 is 0 Å². The third kappa shape index (κ3) is 3.59. The van der Waals surface area contributed by atoms with E-state index in [1.807, 2.05) is 31.4 Å². The van der Waals surface area contributed by atoms with Crippen molar-refractivity contribution in [2.24, 2.45) is 0 Å². The average Bonchev–Trinajstić information content (AvgIpc) is 3.06. The quantitative estimate of drug-likeness (QED) is 0.848. The predicted molar refractivity (Wildman–Crippen MR) is 89.2 cm³/mol. The van der Waals surface area contributed by atoms with Gasteiger partial charge in [0.2, 0.25) is 5.91 Å². The van der Waals surface area contributed by atoms with Crippen molar-refractivity contribution in [3.05, 3.63) is 44.5 Å². The standard InChI is InChI=1S/C15H16N2O2S2/c1-9-10(2)21-15(13(9)14(19)16-3)17-12(18)7-6-11-5-4-8-20-11/h4-8H,1-3H3,(H,16,19)(H,17,18)/b7-6+. The second-order valence-corrected chi connectivity index (χ2v) is 6.61. The lowest BCUT2D eigenvalue weighted by atomic mass is 10.1. The van der Waals surface area contributed by atoms with Crippen LogP contribution in [0, 0.1) is 13.8 Å². The molecule has 6 heteroatoms. The topological polar surface area (TPSA) is 58.2 Å². The van der Waals surface area contributed by atoms with Crippen molar-refractivity contribution >= 4 is 45.6 Å². The Hall–Kier alpha value is -1.92. The Labute approximate surface area is 131 Å². The summed E-state index contributed by atoms with van der Waals surface area (Å²) in [5.74, 6) is -0.427. The molecule has 2 aromatic heterocycles. The number of amides is 2. The van der Waals surface area contributed by atoms with Gasteiger partial charge in [0.25, 0.3) is 5.91 Å². The summed E-state index contributed by atoms with van der Waals surface area (Å²) in [5, 5.41) is 7.93. The Morgan fingerprint density at radius 3 is 2.67 bits per heavy atom. The molecule has 0 aliphatic carbocycles. The van der Waals surface area contributed by atoms with Crippen LogP contribution in [0.25, 0.3) is 6.08 Å². The monoisotopic (exact) mass is 320 g/mol. The molecule has 21 heavy (non-hydrogen) atoms. The Balaban J connectivity index is 2.17. The first kappa shape index (κ1) is 15.5. The lowest BCUT2D eigenvalue weighted by molar-refractivity contribution is -0.111. The molecule has 0 aliphatic rings. The summed E-state index contributed by atoms with van der Waals surface area (Å²) < 4.78 is 0. The molecule has 0 unspecified atom stereocenters. The van der Waals surface area contributed by atoms with E-state index in [0.717, 1.165) is 15.3 Å². The van der Waals surface area contributed by atoms with Crippen molar-refractivity contribution in [3.63, 3.8) is 0 Å². The van der Waals surface area contributed by atoms with Crippen LogP contribution in [0.3, 0.4) is 0 Å². The highest BCUT2D eigenvalue weighted by atomic mass is 32.1. The molecule has 0 aromatic carbocycles. The molecule has 0 bridgehead atoms. The van der Waals surface area contributed by atoms with E-state index in [1.54, 1.807) is 24.5 Å². The van der Waals surface area contributed by atoms with Crippen molar-refractivity contribution in [1.82, 2.24) is 5.32 Å². The lowest BCUT2D eigenvalue weighted by Crippen LogP contribution is -2.20. The SMILES string of the molecule is CNC(=O)c1c(NC(=O)/C=C/c2cccs2)sc(C)c1C. The Bertz CT molecular complexity index is 685. The molecule has 110 valence electrons. The van der Waals surface area contributed by atoms with Crippen LogP contribution in [0.5, 0.6) is 0 Å². The molecule has 0 saturated heterocycles. The van der Waals surface area contributed by atoms with Crippen LogP contribution in [0.15, 0.2) is 23.6 Å². The van der Waals surface area contributed by atoms with Gasteiger partial charge in [0.1, 0.15) is 5.00 Å². The van der Waals surface area contributed by atoms with Gasteiger partial charge in [-0.1, -0.05) is 6.07 Å². The third-order valence-electron chi connectivity index (χ3n) is 3.02. The molecule has 0 spiro atoms. The maximum Gasteiger partial charge on any atom is 0.254 e. The molecular formula is C15H16N2O2S2. The zero-order valence-electron chi connectivity index (χ0n) is 12.0. The zero-order chi connectivity index (χ0) is 15.4. The molecule has 2 amide bonds. The van der Waals surface area contributed by atoms with Crippen LogP contribution < -0.4 is 10.6 Å². The van der Waals surface area contributed by atoms with Gasteiger partial charge in [0.15, 0.2) is 0 Å². The van der Waals surface area contributed by atoms with Gasteiger partial charge in [-0.2, -0.15) is 0 Å². The van der Waals surface area contributed by atoms with Crippen LogP contribution in [0.2, 0.25) is 0 Å². The van der Waals surface area contributed by atoms with Crippen molar-refractivity contribution in [3.8, 4) is 0 Å².